The van der Waals surface area contributed by atoms with E-state index in [0.29, 0.717) is 41.9 Å². The molecule has 2 amide bonds. The van der Waals surface area contributed by atoms with Crippen molar-refractivity contribution < 1.29 is 23.8 Å². The largest absolute Gasteiger partial charge is 0.490 e. The topological polar surface area (TPSA) is 97.9 Å². The van der Waals surface area contributed by atoms with Crippen LogP contribution in [0.4, 0.5) is 0 Å². The van der Waals surface area contributed by atoms with Crippen LogP contribution in [0.2, 0.25) is 5.02 Å². The summed E-state index contributed by atoms with van der Waals surface area (Å²) in [5.74, 6) is -0.0532. The average molecular weight is 466 g/mol. The second-order valence-electron chi connectivity index (χ2n) is 6.20. The van der Waals surface area contributed by atoms with E-state index in [0.717, 1.165) is 5.56 Å². The van der Waals surface area contributed by atoms with E-state index >= 15 is 0 Å². The Bertz CT molecular complexity index is 926. The van der Waals surface area contributed by atoms with Crippen LogP contribution in [0.3, 0.4) is 0 Å². The van der Waals surface area contributed by atoms with Gasteiger partial charge in [0.05, 0.1) is 12.2 Å². The van der Waals surface area contributed by atoms with Gasteiger partial charge in [0.2, 0.25) is 0 Å². The summed E-state index contributed by atoms with van der Waals surface area (Å²) in [5.41, 5.74) is 5.95. The molecule has 166 valence electrons. The quantitative estimate of drug-likeness (QED) is 0.297. The van der Waals surface area contributed by atoms with Crippen molar-refractivity contribution in [3.8, 4) is 11.5 Å². The van der Waals surface area contributed by atoms with Crippen LogP contribution in [-0.2, 0) is 9.53 Å². The van der Waals surface area contributed by atoms with E-state index in [9.17, 15) is 9.59 Å². The predicted molar refractivity (Wildman–Crippen MR) is 121 cm³/mol. The number of benzene rings is 2. The summed E-state index contributed by atoms with van der Waals surface area (Å²) in [7, 11) is 0. The molecule has 10 heteroatoms. The van der Waals surface area contributed by atoms with Gasteiger partial charge in [-0.2, -0.15) is 0 Å². The van der Waals surface area contributed by atoms with E-state index in [1.807, 2.05) is 13.8 Å². The van der Waals surface area contributed by atoms with Gasteiger partial charge in [0.25, 0.3) is 11.8 Å². The summed E-state index contributed by atoms with van der Waals surface area (Å²) in [4.78, 5) is 24.4. The molecule has 0 aliphatic heterocycles. The van der Waals surface area contributed by atoms with E-state index in [2.05, 4.69) is 16.2 Å². The summed E-state index contributed by atoms with van der Waals surface area (Å²) in [5, 5.41) is 3.01. The highest BCUT2D eigenvalue weighted by molar-refractivity contribution is 7.80. The van der Waals surface area contributed by atoms with E-state index in [1.54, 1.807) is 42.5 Å². The van der Waals surface area contributed by atoms with Gasteiger partial charge in [-0.05, 0) is 62.0 Å². The fraction of sp³-hybridized carbons (Fsp3) is 0.286. The second-order valence-corrected chi connectivity index (χ2v) is 7.01. The molecule has 0 saturated carbocycles. The van der Waals surface area contributed by atoms with Gasteiger partial charge in [-0.25, -0.2) is 0 Å². The molecule has 0 aromatic heterocycles. The maximum absolute atomic E-state index is 12.5. The average Bonchev–Trinajstić information content (AvgIpc) is 2.76. The third kappa shape index (κ3) is 8.41. The van der Waals surface area contributed by atoms with Gasteiger partial charge in [0, 0.05) is 11.6 Å². The van der Waals surface area contributed by atoms with Gasteiger partial charge in [0.15, 0.2) is 11.7 Å². The lowest BCUT2D eigenvalue weighted by Gasteiger charge is -2.14. The minimum atomic E-state index is -0.483. The van der Waals surface area contributed by atoms with Crippen molar-refractivity contribution in [2.24, 2.45) is 0 Å². The van der Waals surface area contributed by atoms with Crippen LogP contribution in [0.1, 0.15) is 22.8 Å². The summed E-state index contributed by atoms with van der Waals surface area (Å²) in [6, 6.07) is 11.8. The Morgan fingerprint density at radius 2 is 1.84 bits per heavy atom. The van der Waals surface area contributed by atoms with Gasteiger partial charge < -0.3 is 14.2 Å². The Hall–Kier alpha value is -2.88. The van der Waals surface area contributed by atoms with Crippen molar-refractivity contribution in [2.45, 2.75) is 13.8 Å². The van der Waals surface area contributed by atoms with Crippen molar-refractivity contribution in [1.29, 1.82) is 0 Å². The number of halogens is 1. The third-order valence-corrected chi connectivity index (χ3v) is 4.49. The molecule has 0 aliphatic carbocycles. The first-order valence-electron chi connectivity index (χ1n) is 9.49. The van der Waals surface area contributed by atoms with Crippen molar-refractivity contribution >= 4 is 40.7 Å². The van der Waals surface area contributed by atoms with Crippen LogP contribution in [0, 0.1) is 6.92 Å². The number of amides is 2. The van der Waals surface area contributed by atoms with Crippen molar-refractivity contribution in [3.63, 3.8) is 0 Å². The molecule has 0 aliphatic rings. The molecule has 2 rings (SSSR count). The first-order valence-corrected chi connectivity index (χ1v) is 10.3. The van der Waals surface area contributed by atoms with E-state index in [1.165, 1.54) is 0 Å². The molecule has 0 bridgehead atoms. The molecular weight excluding hydrogens is 442 g/mol. The number of rotatable bonds is 9. The molecule has 2 aromatic carbocycles. The lowest BCUT2D eigenvalue weighted by Crippen LogP contribution is -2.49. The van der Waals surface area contributed by atoms with Gasteiger partial charge in [-0.3, -0.25) is 25.8 Å². The molecule has 8 nitrogen and oxygen atoms in total. The molecule has 0 radical (unpaired) electrons. The van der Waals surface area contributed by atoms with Gasteiger partial charge in [0.1, 0.15) is 18.1 Å². The van der Waals surface area contributed by atoms with Gasteiger partial charge in [-0.1, -0.05) is 23.7 Å². The number of carbonyl (C=O) groups excluding carboxylic acids is 2. The first kappa shape index (κ1) is 24.4. The molecule has 0 fully saturated rings. The van der Waals surface area contributed by atoms with Crippen molar-refractivity contribution in [1.82, 2.24) is 16.2 Å². The third-order valence-electron chi connectivity index (χ3n) is 3.86. The summed E-state index contributed by atoms with van der Waals surface area (Å²) in [6.45, 7) is 4.78. The smallest absolute Gasteiger partial charge is 0.276 e. The Balaban J connectivity index is 1.78. The van der Waals surface area contributed by atoms with Crippen LogP contribution in [0.5, 0.6) is 11.5 Å². The SMILES string of the molecule is CCOCCOc1ccccc1C(=O)NC(=S)NNC(=O)COc1ccc(Cl)c(C)c1. The Morgan fingerprint density at radius 3 is 2.58 bits per heavy atom. The number of carbonyl (C=O) groups is 2. The summed E-state index contributed by atoms with van der Waals surface area (Å²) < 4.78 is 16.2. The zero-order chi connectivity index (χ0) is 22.6. The van der Waals surface area contributed by atoms with Gasteiger partial charge in [-0.15, -0.1) is 0 Å². The molecule has 31 heavy (non-hydrogen) atoms. The normalized spacial score (nSPS) is 10.2. The molecule has 3 N–H and O–H groups in total. The number of hydrogen-bond acceptors (Lipinski definition) is 6. The summed E-state index contributed by atoms with van der Waals surface area (Å²) in [6.07, 6.45) is 0. The van der Waals surface area contributed by atoms with Gasteiger partial charge >= 0.3 is 0 Å². The highest BCUT2D eigenvalue weighted by Gasteiger charge is 2.14. The maximum Gasteiger partial charge on any atom is 0.276 e. The zero-order valence-corrected chi connectivity index (χ0v) is 18.8. The second kappa shape index (κ2) is 12.7. The fourth-order valence-corrected chi connectivity index (χ4v) is 2.62. The van der Waals surface area contributed by atoms with Crippen LogP contribution >= 0.6 is 23.8 Å². The number of ether oxygens (including phenoxy) is 3. The highest BCUT2D eigenvalue weighted by Crippen LogP contribution is 2.21. The lowest BCUT2D eigenvalue weighted by atomic mass is 10.2. The van der Waals surface area contributed by atoms with Crippen LogP contribution in [0.25, 0.3) is 0 Å². The summed E-state index contributed by atoms with van der Waals surface area (Å²) >= 11 is 11.0. The first-order chi connectivity index (χ1) is 14.9. The van der Waals surface area contributed by atoms with E-state index < -0.39 is 11.8 Å². The highest BCUT2D eigenvalue weighted by atomic mass is 35.5. The van der Waals surface area contributed by atoms with Crippen molar-refractivity contribution in [3.05, 3.63) is 58.6 Å². The number of thiocarbonyl (C=S) groups is 1. The predicted octanol–water partition coefficient (Wildman–Crippen LogP) is 2.78. The fourth-order valence-electron chi connectivity index (χ4n) is 2.36. The van der Waals surface area contributed by atoms with Crippen LogP contribution < -0.4 is 25.6 Å². The molecule has 2 aromatic rings. The maximum atomic E-state index is 12.5. The molecule has 0 heterocycles. The number of hydrazine groups is 1. The molecule has 0 atom stereocenters. The molecule has 0 unspecified atom stereocenters. The standard InChI is InChI=1S/C21H24ClN3O5S/c1-3-28-10-11-29-18-7-5-4-6-16(18)20(27)23-21(31)25-24-19(26)13-30-15-8-9-17(22)14(2)12-15/h4-9,12H,3,10-11,13H2,1-2H3,(H,24,26)(H2,23,25,27,31). The molecular formula is C21H24ClN3O5S. The number of aryl methyl sites for hydroxylation is 1. The number of nitrogens with one attached hydrogen (secondary N) is 3. The van der Waals surface area contributed by atoms with E-state index in [-0.39, 0.29) is 11.7 Å². The Labute approximate surface area is 191 Å². The molecule has 0 saturated heterocycles. The number of hydrogen-bond donors (Lipinski definition) is 3. The lowest BCUT2D eigenvalue weighted by molar-refractivity contribution is -0.123. The van der Waals surface area contributed by atoms with Crippen molar-refractivity contribution in [2.75, 3.05) is 26.4 Å². The monoisotopic (exact) mass is 465 g/mol. The Morgan fingerprint density at radius 1 is 1.06 bits per heavy atom. The number of para-hydroxylation sites is 1. The minimum Gasteiger partial charge on any atom is -0.490 e. The molecule has 0 spiro atoms. The zero-order valence-electron chi connectivity index (χ0n) is 17.2. The van der Waals surface area contributed by atoms with E-state index in [4.69, 9.17) is 38.0 Å². The van der Waals surface area contributed by atoms with Crippen LogP contribution in [-0.4, -0.2) is 43.4 Å². The minimum absolute atomic E-state index is 0.0789. The Kier molecular flexibility index (Phi) is 10.0. The van der Waals surface area contributed by atoms with Crippen LogP contribution in [0.15, 0.2) is 42.5 Å².